The van der Waals surface area contributed by atoms with Crippen LogP contribution < -0.4 is 0 Å². The fourth-order valence-corrected chi connectivity index (χ4v) is 1.64. The first-order valence-electron chi connectivity index (χ1n) is 5.83. The molecular formula is C14H15BO5. The monoisotopic (exact) mass is 274 g/mol. The number of benzene rings is 2. The third kappa shape index (κ3) is 4.85. The van der Waals surface area contributed by atoms with Gasteiger partial charge in [-0.15, -0.1) is 0 Å². The first-order chi connectivity index (χ1) is 9.56. The van der Waals surface area contributed by atoms with Gasteiger partial charge in [-0.1, -0.05) is 48.5 Å². The van der Waals surface area contributed by atoms with Gasteiger partial charge in [0.05, 0.1) is 12.7 Å². The molecule has 0 bridgehead atoms. The second-order valence-electron chi connectivity index (χ2n) is 3.75. The lowest BCUT2D eigenvalue weighted by Gasteiger charge is -2.07. The zero-order valence-corrected chi connectivity index (χ0v) is 10.9. The molecule has 0 aliphatic heterocycles. The number of rotatable bonds is 2. The van der Waals surface area contributed by atoms with E-state index in [1.165, 1.54) is 7.11 Å². The molecule has 3 N–H and O–H groups in total. The van der Waals surface area contributed by atoms with E-state index in [2.05, 4.69) is 0 Å². The Bertz CT molecular complexity index is 540. The van der Waals surface area contributed by atoms with Crippen LogP contribution in [0, 0.1) is 0 Å². The number of carbonyl (C=O) groups excluding carboxylic acids is 1. The third-order valence-corrected chi connectivity index (χ3v) is 2.42. The van der Waals surface area contributed by atoms with Gasteiger partial charge in [0.15, 0.2) is 0 Å². The molecule has 0 heterocycles. The maximum absolute atomic E-state index is 11.6. The van der Waals surface area contributed by atoms with Crippen LogP contribution in [-0.2, 0) is 4.74 Å². The molecular weight excluding hydrogens is 259 g/mol. The fraction of sp³-hybridized carbons (Fsp3) is 0.0714. The molecule has 20 heavy (non-hydrogen) atoms. The average Bonchev–Trinajstić information content (AvgIpc) is 2.47. The molecule has 0 unspecified atom stereocenters. The van der Waals surface area contributed by atoms with Gasteiger partial charge in [0.25, 0.3) is 0 Å². The summed E-state index contributed by atoms with van der Waals surface area (Å²) in [6.45, 7) is 0. The summed E-state index contributed by atoms with van der Waals surface area (Å²) >= 11 is 0. The highest BCUT2D eigenvalue weighted by Crippen LogP contribution is 2.23. The van der Waals surface area contributed by atoms with Crippen LogP contribution in [0.1, 0.15) is 10.4 Å². The second-order valence-corrected chi connectivity index (χ2v) is 3.75. The molecule has 2 aromatic rings. The van der Waals surface area contributed by atoms with Gasteiger partial charge in [-0.25, -0.2) is 4.79 Å². The first kappa shape index (κ1) is 15.9. The Hall–Kier alpha value is -2.15. The van der Waals surface area contributed by atoms with E-state index in [1.807, 2.05) is 48.5 Å². The maximum atomic E-state index is 11.6. The standard InChI is InChI=1S/C14H12O2.BH3O3/c1-16-14(15)13-10-6-5-9-12(13)11-7-3-2-4-8-11;2-1(3)4/h2-10H,1H3;2-4H. The maximum Gasteiger partial charge on any atom is 0.631 e. The summed E-state index contributed by atoms with van der Waals surface area (Å²) in [4.78, 5) is 11.6. The van der Waals surface area contributed by atoms with Crippen molar-refractivity contribution in [3.05, 3.63) is 60.2 Å². The van der Waals surface area contributed by atoms with Crippen LogP contribution in [0.5, 0.6) is 0 Å². The molecule has 0 amide bonds. The van der Waals surface area contributed by atoms with E-state index in [1.54, 1.807) is 6.07 Å². The van der Waals surface area contributed by atoms with Crippen molar-refractivity contribution in [2.75, 3.05) is 7.11 Å². The topological polar surface area (TPSA) is 87.0 Å². The Kier molecular flexibility index (Phi) is 6.45. The Morgan fingerprint density at radius 3 is 2.00 bits per heavy atom. The summed E-state index contributed by atoms with van der Waals surface area (Å²) in [5.74, 6) is -0.306. The van der Waals surface area contributed by atoms with Gasteiger partial charge in [0.1, 0.15) is 0 Å². The number of esters is 1. The predicted molar refractivity (Wildman–Crippen MR) is 75.6 cm³/mol. The van der Waals surface area contributed by atoms with Crippen LogP contribution in [0.15, 0.2) is 54.6 Å². The normalized spacial score (nSPS) is 9.20. The van der Waals surface area contributed by atoms with Gasteiger partial charge in [-0.05, 0) is 17.2 Å². The van der Waals surface area contributed by atoms with Crippen LogP contribution in [0.2, 0.25) is 0 Å². The molecule has 0 aliphatic carbocycles. The Labute approximate surface area is 117 Å². The smallest absolute Gasteiger partial charge is 0.465 e. The summed E-state index contributed by atoms with van der Waals surface area (Å²) < 4.78 is 4.76. The van der Waals surface area contributed by atoms with Crippen LogP contribution in [0.25, 0.3) is 11.1 Å². The molecule has 0 fully saturated rings. The molecule has 104 valence electrons. The van der Waals surface area contributed by atoms with Crippen LogP contribution in [0.4, 0.5) is 0 Å². The van der Waals surface area contributed by atoms with Gasteiger partial charge in [-0.2, -0.15) is 0 Å². The van der Waals surface area contributed by atoms with Crippen LogP contribution in [0.3, 0.4) is 0 Å². The number of hydrogen-bond donors (Lipinski definition) is 3. The van der Waals surface area contributed by atoms with Crippen LogP contribution in [-0.4, -0.2) is 35.5 Å². The lowest BCUT2D eigenvalue weighted by Crippen LogP contribution is -2.07. The second kappa shape index (κ2) is 8.11. The minimum atomic E-state index is -2.17. The minimum absolute atomic E-state index is 0.306. The highest BCUT2D eigenvalue weighted by Gasteiger charge is 2.11. The van der Waals surface area contributed by atoms with Crippen molar-refractivity contribution in [2.45, 2.75) is 0 Å². The van der Waals surface area contributed by atoms with Crippen molar-refractivity contribution < 1.29 is 24.6 Å². The van der Waals surface area contributed by atoms with E-state index < -0.39 is 7.32 Å². The van der Waals surface area contributed by atoms with Crippen molar-refractivity contribution in [2.24, 2.45) is 0 Å². The number of carbonyl (C=O) groups is 1. The van der Waals surface area contributed by atoms with Crippen molar-refractivity contribution in [1.82, 2.24) is 0 Å². The van der Waals surface area contributed by atoms with E-state index >= 15 is 0 Å². The number of methoxy groups -OCH3 is 1. The molecule has 0 saturated carbocycles. The zero-order chi connectivity index (χ0) is 15.0. The average molecular weight is 274 g/mol. The molecule has 0 atom stereocenters. The molecule has 0 radical (unpaired) electrons. The highest BCUT2D eigenvalue weighted by atomic mass is 16.5. The van der Waals surface area contributed by atoms with Crippen molar-refractivity contribution in [3.8, 4) is 11.1 Å². The number of hydrogen-bond acceptors (Lipinski definition) is 5. The first-order valence-corrected chi connectivity index (χ1v) is 5.83. The molecule has 0 aliphatic rings. The van der Waals surface area contributed by atoms with E-state index in [-0.39, 0.29) is 5.97 Å². The zero-order valence-electron chi connectivity index (χ0n) is 10.9. The summed E-state index contributed by atoms with van der Waals surface area (Å²) in [6.07, 6.45) is 0. The molecule has 0 aromatic heterocycles. The van der Waals surface area contributed by atoms with Gasteiger partial charge < -0.3 is 19.8 Å². The van der Waals surface area contributed by atoms with Crippen molar-refractivity contribution in [3.63, 3.8) is 0 Å². The predicted octanol–water partition coefficient (Wildman–Crippen LogP) is 1.09. The van der Waals surface area contributed by atoms with Crippen molar-refractivity contribution in [1.29, 1.82) is 0 Å². The third-order valence-electron chi connectivity index (χ3n) is 2.42. The van der Waals surface area contributed by atoms with E-state index in [0.29, 0.717) is 5.56 Å². The highest BCUT2D eigenvalue weighted by molar-refractivity contribution is 6.30. The van der Waals surface area contributed by atoms with Crippen molar-refractivity contribution >= 4 is 13.3 Å². The summed E-state index contributed by atoms with van der Waals surface area (Å²) in [6, 6.07) is 17.2. The molecule has 2 aromatic carbocycles. The fourth-order valence-electron chi connectivity index (χ4n) is 1.64. The Morgan fingerprint density at radius 2 is 1.45 bits per heavy atom. The summed E-state index contributed by atoms with van der Waals surface area (Å²) in [7, 11) is -0.774. The molecule has 5 nitrogen and oxygen atoms in total. The molecule has 2 rings (SSSR count). The van der Waals surface area contributed by atoms with Gasteiger partial charge in [0.2, 0.25) is 0 Å². The number of ether oxygens (including phenoxy) is 1. The van der Waals surface area contributed by atoms with Crippen LogP contribution >= 0.6 is 0 Å². The van der Waals surface area contributed by atoms with Gasteiger partial charge in [0, 0.05) is 0 Å². The lowest BCUT2D eigenvalue weighted by atomic mass is 10.00. The van der Waals surface area contributed by atoms with E-state index in [0.717, 1.165) is 11.1 Å². The summed E-state index contributed by atoms with van der Waals surface area (Å²) in [5.41, 5.74) is 2.51. The summed E-state index contributed by atoms with van der Waals surface area (Å²) in [5, 5.41) is 21.5. The Balaban J connectivity index is 0.000000444. The molecule has 6 heteroatoms. The Morgan fingerprint density at radius 1 is 0.950 bits per heavy atom. The molecule has 0 saturated heterocycles. The van der Waals surface area contributed by atoms with Gasteiger partial charge in [-0.3, -0.25) is 0 Å². The molecule has 0 spiro atoms. The van der Waals surface area contributed by atoms with Gasteiger partial charge >= 0.3 is 13.3 Å². The lowest BCUT2D eigenvalue weighted by molar-refractivity contribution is 0.0601. The quantitative estimate of drug-likeness (QED) is 0.563. The van der Waals surface area contributed by atoms with E-state index in [9.17, 15) is 4.79 Å². The van der Waals surface area contributed by atoms with E-state index in [4.69, 9.17) is 19.8 Å². The largest absolute Gasteiger partial charge is 0.631 e. The minimum Gasteiger partial charge on any atom is -0.465 e. The SMILES string of the molecule is COC(=O)c1ccccc1-c1ccccc1.OB(O)O.